The van der Waals surface area contributed by atoms with Gasteiger partial charge < -0.3 is 4.74 Å². The lowest BCUT2D eigenvalue weighted by molar-refractivity contribution is 0.0215. The van der Waals surface area contributed by atoms with Gasteiger partial charge in [-0.05, 0) is 66.1 Å². The number of fused-ring (bicyclic) bond motifs is 3. The zero-order valence-electron chi connectivity index (χ0n) is 21.5. The van der Waals surface area contributed by atoms with Gasteiger partial charge in [0.15, 0.2) is 0 Å². The van der Waals surface area contributed by atoms with Crippen LogP contribution in [0.15, 0.2) is 83.9 Å². The third-order valence-electron chi connectivity index (χ3n) is 7.97. The zero-order valence-corrected chi connectivity index (χ0v) is 21.5. The molecule has 0 saturated carbocycles. The summed E-state index contributed by atoms with van der Waals surface area (Å²) in [4.78, 5) is 8.08. The maximum Gasteiger partial charge on any atom is 0.127 e. The van der Waals surface area contributed by atoms with Crippen molar-refractivity contribution in [1.29, 1.82) is 0 Å². The Morgan fingerprint density at radius 1 is 0.886 bits per heavy atom. The van der Waals surface area contributed by atoms with E-state index in [4.69, 9.17) is 9.73 Å². The highest BCUT2D eigenvalue weighted by molar-refractivity contribution is 5.84. The maximum atomic E-state index is 5.73. The Hall–Kier alpha value is -2.91. The molecule has 2 atom stereocenters. The summed E-state index contributed by atoms with van der Waals surface area (Å²) in [6, 6.07) is 29.2. The van der Waals surface area contributed by atoms with Crippen molar-refractivity contribution in [3.63, 3.8) is 0 Å². The standard InChI is InChI=1S/C32H38N2O/c1-32(2,3)27-15-16-28(35-4)26(21-27)22-33-30-25-17-19-34(20-18-25)31(30)29(23-11-7-5-8-12-23)24-13-9-6-10-14-24/h5-16,21-22,25,29-31H,17-20H2,1-4H3/t30-,31-/m0/s1. The molecule has 0 aliphatic carbocycles. The number of nitrogens with zero attached hydrogens (tertiary/aromatic N) is 2. The third-order valence-corrected chi connectivity index (χ3v) is 7.97. The van der Waals surface area contributed by atoms with Crippen LogP contribution < -0.4 is 4.74 Å². The van der Waals surface area contributed by atoms with Crippen molar-refractivity contribution in [2.24, 2.45) is 10.9 Å². The van der Waals surface area contributed by atoms with E-state index in [1.807, 2.05) is 0 Å². The van der Waals surface area contributed by atoms with Gasteiger partial charge in [0.25, 0.3) is 0 Å². The lowest BCUT2D eigenvalue weighted by atomic mass is 9.71. The smallest absolute Gasteiger partial charge is 0.127 e. The SMILES string of the molecule is COc1ccc(C(C)(C)C)cc1C=N[C@H]1C2CCN(CC2)[C@H]1C(c1ccccc1)c1ccccc1. The second-order valence-electron chi connectivity index (χ2n) is 11.1. The summed E-state index contributed by atoms with van der Waals surface area (Å²) in [5, 5.41) is 0. The van der Waals surface area contributed by atoms with Gasteiger partial charge in [0.05, 0.1) is 13.2 Å². The van der Waals surface area contributed by atoms with Gasteiger partial charge in [-0.25, -0.2) is 0 Å². The van der Waals surface area contributed by atoms with Gasteiger partial charge in [-0.2, -0.15) is 0 Å². The van der Waals surface area contributed by atoms with E-state index in [0.717, 1.165) is 11.3 Å². The Labute approximate surface area is 210 Å². The van der Waals surface area contributed by atoms with Crippen molar-refractivity contribution in [1.82, 2.24) is 4.90 Å². The largest absolute Gasteiger partial charge is 0.496 e. The van der Waals surface area contributed by atoms with E-state index in [2.05, 4.69) is 111 Å². The average molecular weight is 467 g/mol. The van der Waals surface area contributed by atoms with E-state index in [9.17, 15) is 0 Å². The van der Waals surface area contributed by atoms with Crippen LogP contribution in [0.5, 0.6) is 5.75 Å². The van der Waals surface area contributed by atoms with Gasteiger partial charge >= 0.3 is 0 Å². The molecule has 0 amide bonds. The lowest BCUT2D eigenvalue weighted by Crippen LogP contribution is -2.59. The summed E-state index contributed by atoms with van der Waals surface area (Å²) >= 11 is 0. The minimum absolute atomic E-state index is 0.0821. The molecular formula is C32H38N2O. The Morgan fingerprint density at radius 2 is 1.49 bits per heavy atom. The molecule has 3 nitrogen and oxygen atoms in total. The van der Waals surface area contributed by atoms with E-state index < -0.39 is 0 Å². The molecule has 3 aliphatic rings. The van der Waals surface area contributed by atoms with Gasteiger partial charge in [-0.1, -0.05) is 87.5 Å². The number of rotatable bonds is 6. The van der Waals surface area contributed by atoms with Crippen molar-refractivity contribution in [3.8, 4) is 5.75 Å². The molecule has 0 N–H and O–H groups in total. The number of piperidine rings is 3. The number of hydrogen-bond donors (Lipinski definition) is 0. The normalized spacial score (nSPS) is 24.3. The Morgan fingerprint density at radius 3 is 2.03 bits per heavy atom. The first-order valence-corrected chi connectivity index (χ1v) is 13.0. The van der Waals surface area contributed by atoms with Crippen LogP contribution in [0.3, 0.4) is 0 Å². The van der Waals surface area contributed by atoms with E-state index in [1.54, 1.807) is 7.11 Å². The van der Waals surface area contributed by atoms with Gasteiger partial charge in [0.2, 0.25) is 0 Å². The molecule has 3 heteroatoms. The first kappa shape index (κ1) is 23.8. The topological polar surface area (TPSA) is 24.8 Å². The van der Waals surface area contributed by atoms with Gasteiger partial charge in [-0.15, -0.1) is 0 Å². The van der Waals surface area contributed by atoms with E-state index >= 15 is 0 Å². The van der Waals surface area contributed by atoms with Gasteiger partial charge in [0, 0.05) is 23.7 Å². The van der Waals surface area contributed by atoms with Crippen molar-refractivity contribution in [3.05, 3.63) is 101 Å². The van der Waals surface area contributed by atoms with Gasteiger partial charge in [-0.3, -0.25) is 9.89 Å². The molecule has 0 aromatic heterocycles. The average Bonchev–Trinajstić information content (AvgIpc) is 2.89. The molecule has 35 heavy (non-hydrogen) atoms. The van der Waals surface area contributed by atoms with E-state index in [1.165, 1.54) is 42.6 Å². The predicted octanol–water partition coefficient (Wildman–Crippen LogP) is 6.71. The predicted molar refractivity (Wildman–Crippen MR) is 146 cm³/mol. The van der Waals surface area contributed by atoms with E-state index in [0.29, 0.717) is 17.9 Å². The Kier molecular flexibility index (Phi) is 6.80. The molecule has 6 rings (SSSR count). The molecule has 3 aromatic carbocycles. The fourth-order valence-corrected chi connectivity index (χ4v) is 6.05. The molecule has 0 unspecified atom stereocenters. The molecule has 3 aliphatic heterocycles. The van der Waals surface area contributed by atoms with Crippen LogP contribution in [0.2, 0.25) is 0 Å². The first-order valence-electron chi connectivity index (χ1n) is 13.0. The highest BCUT2D eigenvalue weighted by Crippen LogP contribution is 2.43. The summed E-state index contributed by atoms with van der Waals surface area (Å²) < 4.78 is 5.73. The van der Waals surface area contributed by atoms with Gasteiger partial charge in [0.1, 0.15) is 5.75 Å². The molecule has 2 bridgehead atoms. The van der Waals surface area contributed by atoms with Crippen molar-refractivity contribution >= 4 is 6.21 Å². The van der Waals surface area contributed by atoms with Crippen LogP contribution in [0.1, 0.15) is 61.8 Å². The van der Waals surface area contributed by atoms with Crippen LogP contribution in [-0.4, -0.2) is 43.4 Å². The Bertz CT molecular complexity index is 1100. The minimum atomic E-state index is 0.0821. The molecule has 3 saturated heterocycles. The fourth-order valence-electron chi connectivity index (χ4n) is 6.05. The molecular weight excluding hydrogens is 428 g/mol. The molecule has 3 heterocycles. The number of ether oxygens (including phenoxy) is 1. The Balaban J connectivity index is 1.56. The van der Waals surface area contributed by atoms with Crippen LogP contribution in [0.4, 0.5) is 0 Å². The van der Waals surface area contributed by atoms with Crippen molar-refractivity contribution < 1.29 is 4.74 Å². The molecule has 3 fully saturated rings. The lowest BCUT2D eigenvalue weighted by Gasteiger charge is -2.52. The first-order chi connectivity index (χ1) is 17.0. The number of methoxy groups -OCH3 is 1. The molecule has 3 aromatic rings. The van der Waals surface area contributed by atoms with Crippen LogP contribution >= 0.6 is 0 Å². The molecule has 0 spiro atoms. The maximum absolute atomic E-state index is 5.73. The van der Waals surface area contributed by atoms with Crippen LogP contribution in [0.25, 0.3) is 0 Å². The second kappa shape index (κ2) is 9.99. The number of aliphatic imine (C=N–C) groups is 1. The summed E-state index contributed by atoms with van der Waals surface area (Å²) in [6.07, 6.45) is 4.56. The number of benzene rings is 3. The minimum Gasteiger partial charge on any atom is -0.496 e. The van der Waals surface area contributed by atoms with Crippen molar-refractivity contribution in [2.75, 3.05) is 20.2 Å². The number of hydrogen-bond acceptors (Lipinski definition) is 3. The quantitative estimate of drug-likeness (QED) is 0.377. The summed E-state index contributed by atoms with van der Waals surface area (Å²) in [5.74, 6) is 1.81. The van der Waals surface area contributed by atoms with Crippen LogP contribution in [0, 0.1) is 5.92 Å². The zero-order chi connectivity index (χ0) is 24.4. The summed E-state index contributed by atoms with van der Waals surface area (Å²) in [7, 11) is 1.75. The fraction of sp³-hybridized carbons (Fsp3) is 0.406. The molecule has 0 radical (unpaired) electrons. The second-order valence-corrected chi connectivity index (χ2v) is 11.1. The third kappa shape index (κ3) is 4.92. The summed E-state index contributed by atoms with van der Waals surface area (Å²) in [5.41, 5.74) is 5.22. The summed E-state index contributed by atoms with van der Waals surface area (Å²) in [6.45, 7) is 9.09. The highest BCUT2D eigenvalue weighted by atomic mass is 16.5. The molecule has 182 valence electrons. The highest BCUT2D eigenvalue weighted by Gasteiger charge is 2.46. The van der Waals surface area contributed by atoms with Crippen molar-refractivity contribution in [2.45, 2.75) is 57.0 Å². The monoisotopic (exact) mass is 466 g/mol. The van der Waals surface area contributed by atoms with E-state index in [-0.39, 0.29) is 11.5 Å². The van der Waals surface area contributed by atoms with Crippen LogP contribution in [-0.2, 0) is 5.41 Å².